The first kappa shape index (κ1) is 14.6. The van der Waals surface area contributed by atoms with Crippen LogP contribution in [-0.4, -0.2) is 50.1 Å². The monoisotopic (exact) mass is 281 g/mol. The van der Waals surface area contributed by atoms with Crippen molar-refractivity contribution in [3.05, 3.63) is 24.3 Å². The fraction of sp³-hybridized carbons (Fsp3) is 0.500. The minimum atomic E-state index is -0.692. The van der Waals surface area contributed by atoms with Gasteiger partial charge in [-0.1, -0.05) is 12.1 Å². The van der Waals surface area contributed by atoms with Crippen molar-refractivity contribution in [1.82, 2.24) is 5.32 Å². The van der Waals surface area contributed by atoms with Crippen molar-refractivity contribution in [3.8, 4) is 11.5 Å². The molecule has 6 nitrogen and oxygen atoms in total. The molecule has 1 aliphatic rings. The molecule has 2 rings (SSSR count). The maximum absolute atomic E-state index is 12.1. The van der Waals surface area contributed by atoms with Crippen molar-refractivity contribution in [1.29, 1.82) is 0 Å². The lowest BCUT2D eigenvalue weighted by Gasteiger charge is -2.27. The molecule has 6 heteroatoms. The molecular weight excluding hydrogens is 262 g/mol. The Bertz CT molecular complexity index is 445. The molecule has 0 saturated heterocycles. The molecule has 0 radical (unpaired) electrons. The second-order valence-electron chi connectivity index (χ2n) is 4.54. The Kier molecular flexibility index (Phi) is 5.20. The summed E-state index contributed by atoms with van der Waals surface area (Å²) in [7, 11) is 1.55. The summed E-state index contributed by atoms with van der Waals surface area (Å²) in [6.07, 6.45) is -0.257. The highest BCUT2D eigenvalue weighted by atomic mass is 16.6. The molecule has 1 aromatic carbocycles. The van der Waals surface area contributed by atoms with E-state index in [1.54, 1.807) is 19.2 Å². The molecule has 0 bridgehead atoms. The van der Waals surface area contributed by atoms with Gasteiger partial charge in [0.25, 0.3) is 5.91 Å². The summed E-state index contributed by atoms with van der Waals surface area (Å²) in [5.74, 6) is 0.930. The maximum atomic E-state index is 12.1. The number of nitrogens with one attached hydrogen (secondary N) is 1. The minimum Gasteiger partial charge on any atom is -0.485 e. The Hall–Kier alpha value is -1.79. The number of benzene rings is 1. The van der Waals surface area contributed by atoms with Gasteiger partial charge in [-0.25, -0.2) is 0 Å². The highest BCUT2D eigenvalue weighted by Crippen LogP contribution is 2.30. The molecule has 1 aliphatic heterocycles. The van der Waals surface area contributed by atoms with Gasteiger partial charge in [-0.05, 0) is 18.6 Å². The van der Waals surface area contributed by atoms with E-state index in [2.05, 4.69) is 5.32 Å². The zero-order valence-corrected chi connectivity index (χ0v) is 11.4. The van der Waals surface area contributed by atoms with Crippen LogP contribution in [0.2, 0.25) is 0 Å². The van der Waals surface area contributed by atoms with Crippen LogP contribution >= 0.6 is 0 Å². The van der Waals surface area contributed by atoms with Crippen LogP contribution in [-0.2, 0) is 9.53 Å². The van der Waals surface area contributed by atoms with Crippen molar-refractivity contribution in [3.63, 3.8) is 0 Å². The lowest BCUT2D eigenvalue weighted by atomic mass is 10.2. The van der Waals surface area contributed by atoms with Gasteiger partial charge < -0.3 is 24.6 Å². The molecule has 1 amide bonds. The molecule has 2 N–H and O–H groups in total. The zero-order valence-electron chi connectivity index (χ0n) is 11.4. The summed E-state index contributed by atoms with van der Waals surface area (Å²) < 4.78 is 16.1. The maximum Gasteiger partial charge on any atom is 0.264 e. The number of hydrogen-bond acceptors (Lipinski definition) is 5. The van der Waals surface area contributed by atoms with E-state index in [0.717, 1.165) is 0 Å². The van der Waals surface area contributed by atoms with Gasteiger partial charge in [-0.2, -0.15) is 0 Å². The third-order valence-electron chi connectivity index (χ3n) is 2.99. The number of methoxy groups -OCH3 is 1. The van der Waals surface area contributed by atoms with Crippen molar-refractivity contribution in [2.75, 3.05) is 26.9 Å². The van der Waals surface area contributed by atoms with E-state index in [-0.39, 0.29) is 25.2 Å². The summed E-state index contributed by atoms with van der Waals surface area (Å²) >= 11 is 0. The predicted octanol–water partition coefficient (Wildman–Crippen LogP) is 0.340. The van der Waals surface area contributed by atoms with Gasteiger partial charge in [0.15, 0.2) is 11.5 Å². The van der Waals surface area contributed by atoms with E-state index in [1.807, 2.05) is 12.1 Å². The topological polar surface area (TPSA) is 77.0 Å². The fourth-order valence-electron chi connectivity index (χ4n) is 2.00. The lowest BCUT2D eigenvalue weighted by Crippen LogP contribution is -2.49. The Labute approximate surface area is 117 Å². The first-order valence-corrected chi connectivity index (χ1v) is 6.53. The Morgan fingerprint density at radius 1 is 1.50 bits per heavy atom. The first-order chi connectivity index (χ1) is 9.74. The van der Waals surface area contributed by atoms with Crippen molar-refractivity contribution < 1.29 is 24.1 Å². The number of aliphatic hydroxyl groups excluding tert-OH is 1. The van der Waals surface area contributed by atoms with E-state index in [0.29, 0.717) is 24.5 Å². The van der Waals surface area contributed by atoms with Crippen LogP contribution in [0.3, 0.4) is 0 Å². The van der Waals surface area contributed by atoms with Gasteiger partial charge in [0.05, 0.1) is 12.6 Å². The number of fused-ring (bicyclic) bond motifs is 1. The van der Waals surface area contributed by atoms with Crippen LogP contribution < -0.4 is 14.8 Å². The number of para-hydroxylation sites is 2. The number of hydrogen-bond donors (Lipinski definition) is 2. The molecular formula is C14H19NO5. The molecule has 1 aromatic rings. The van der Waals surface area contributed by atoms with Crippen LogP contribution in [0, 0.1) is 0 Å². The molecule has 110 valence electrons. The van der Waals surface area contributed by atoms with Crippen LogP contribution in [0.15, 0.2) is 24.3 Å². The molecule has 2 unspecified atom stereocenters. The van der Waals surface area contributed by atoms with Crippen LogP contribution in [0.25, 0.3) is 0 Å². The Balaban J connectivity index is 1.93. The van der Waals surface area contributed by atoms with Gasteiger partial charge in [0, 0.05) is 13.7 Å². The molecule has 0 aliphatic carbocycles. The number of carbonyl (C=O) groups excluding carboxylic acids is 1. The summed E-state index contributed by atoms with van der Waals surface area (Å²) in [6.45, 7) is 0.497. The standard InChI is InChI=1S/C14H19NO5/c1-18-8-10(6-7-16)15-14(17)13-9-19-11-4-2-3-5-12(11)20-13/h2-5,10,13,16H,6-9H2,1H3,(H,15,17). The first-order valence-electron chi connectivity index (χ1n) is 6.53. The zero-order chi connectivity index (χ0) is 14.4. The second kappa shape index (κ2) is 7.12. The Morgan fingerprint density at radius 2 is 2.25 bits per heavy atom. The molecule has 20 heavy (non-hydrogen) atoms. The number of rotatable bonds is 6. The predicted molar refractivity (Wildman–Crippen MR) is 71.9 cm³/mol. The highest BCUT2D eigenvalue weighted by molar-refractivity contribution is 5.82. The number of aliphatic hydroxyl groups is 1. The Morgan fingerprint density at radius 3 is 2.95 bits per heavy atom. The van der Waals surface area contributed by atoms with Crippen LogP contribution in [0.1, 0.15) is 6.42 Å². The van der Waals surface area contributed by atoms with E-state index in [4.69, 9.17) is 19.3 Å². The molecule has 1 heterocycles. The number of carbonyl (C=O) groups is 1. The average molecular weight is 281 g/mol. The smallest absolute Gasteiger partial charge is 0.264 e. The third-order valence-corrected chi connectivity index (χ3v) is 2.99. The molecule has 0 fully saturated rings. The van der Waals surface area contributed by atoms with E-state index in [9.17, 15) is 4.79 Å². The van der Waals surface area contributed by atoms with Crippen LogP contribution in [0.4, 0.5) is 0 Å². The van der Waals surface area contributed by atoms with Crippen molar-refractivity contribution in [2.24, 2.45) is 0 Å². The van der Waals surface area contributed by atoms with Gasteiger partial charge in [-0.15, -0.1) is 0 Å². The van der Waals surface area contributed by atoms with Crippen LogP contribution in [0.5, 0.6) is 11.5 Å². The lowest BCUT2D eigenvalue weighted by molar-refractivity contribution is -0.131. The quantitative estimate of drug-likeness (QED) is 0.786. The fourth-order valence-corrected chi connectivity index (χ4v) is 2.00. The summed E-state index contributed by atoms with van der Waals surface area (Å²) in [5, 5.41) is 11.7. The van der Waals surface area contributed by atoms with E-state index in [1.165, 1.54) is 0 Å². The van der Waals surface area contributed by atoms with E-state index < -0.39 is 6.10 Å². The van der Waals surface area contributed by atoms with Crippen molar-refractivity contribution in [2.45, 2.75) is 18.6 Å². The minimum absolute atomic E-state index is 0.0147. The van der Waals surface area contributed by atoms with Gasteiger partial charge in [0.1, 0.15) is 6.61 Å². The third kappa shape index (κ3) is 3.61. The molecule has 0 spiro atoms. The SMILES string of the molecule is COCC(CCO)NC(=O)C1COc2ccccc2O1. The number of ether oxygens (including phenoxy) is 3. The average Bonchev–Trinajstić information content (AvgIpc) is 2.47. The summed E-state index contributed by atoms with van der Waals surface area (Å²) in [6, 6.07) is 6.98. The highest BCUT2D eigenvalue weighted by Gasteiger charge is 2.28. The largest absolute Gasteiger partial charge is 0.485 e. The normalized spacial score (nSPS) is 18.4. The molecule has 2 atom stereocenters. The summed E-state index contributed by atoms with van der Waals surface area (Å²) in [5.41, 5.74) is 0. The van der Waals surface area contributed by atoms with Gasteiger partial charge >= 0.3 is 0 Å². The molecule has 0 aromatic heterocycles. The van der Waals surface area contributed by atoms with Crippen molar-refractivity contribution >= 4 is 5.91 Å². The second-order valence-corrected chi connectivity index (χ2v) is 4.54. The summed E-state index contributed by atoms with van der Waals surface area (Å²) in [4.78, 5) is 12.1. The van der Waals surface area contributed by atoms with E-state index >= 15 is 0 Å². The van der Waals surface area contributed by atoms with Gasteiger partial charge in [0.2, 0.25) is 6.10 Å². The van der Waals surface area contributed by atoms with Gasteiger partial charge in [-0.3, -0.25) is 4.79 Å². The molecule has 0 saturated carbocycles. The number of amides is 1.